The number of H-pyrrole nitrogens is 1. The molecule has 1 aromatic carbocycles. The van der Waals surface area contributed by atoms with E-state index < -0.39 is 0 Å². The van der Waals surface area contributed by atoms with Crippen molar-refractivity contribution >= 4 is 28.0 Å². The van der Waals surface area contributed by atoms with E-state index in [9.17, 15) is 10.1 Å². The Balaban J connectivity index is 1.59. The first-order valence-corrected chi connectivity index (χ1v) is 11.0. The van der Waals surface area contributed by atoms with Gasteiger partial charge in [0.25, 0.3) is 0 Å². The average molecular weight is 446 g/mol. The first kappa shape index (κ1) is 19.9. The molecule has 2 aliphatic heterocycles. The Hall–Kier alpha value is -3.75. The molecule has 1 N–H and O–H groups in total. The summed E-state index contributed by atoms with van der Waals surface area (Å²) in [5, 5.41) is 9.35. The smallest absolute Gasteiger partial charge is 0.328 e. The van der Waals surface area contributed by atoms with Gasteiger partial charge in [0.15, 0.2) is 11.5 Å². The number of aromatic amines is 1. The summed E-state index contributed by atoms with van der Waals surface area (Å²) in [5.74, 6) is 1.07. The number of hydrogen-bond donors (Lipinski definition) is 1. The van der Waals surface area contributed by atoms with Gasteiger partial charge in [-0.3, -0.25) is 9.13 Å². The zero-order valence-corrected chi connectivity index (χ0v) is 17.9. The lowest BCUT2D eigenvalue weighted by Gasteiger charge is -2.28. The molecule has 0 radical (unpaired) electrons. The second-order valence-corrected chi connectivity index (χ2v) is 8.22. The fourth-order valence-electron chi connectivity index (χ4n) is 4.61. The van der Waals surface area contributed by atoms with Gasteiger partial charge in [-0.05, 0) is 31.0 Å². The van der Waals surface area contributed by atoms with E-state index in [4.69, 9.17) is 19.4 Å². The predicted octanol–water partition coefficient (Wildman–Crippen LogP) is 1.52. The number of fused-ring (bicyclic) bond motifs is 2. The lowest BCUT2D eigenvalue weighted by atomic mass is 10.1. The van der Waals surface area contributed by atoms with E-state index in [1.54, 1.807) is 33.7 Å². The Kier molecular flexibility index (Phi) is 4.82. The van der Waals surface area contributed by atoms with Crippen molar-refractivity contribution in [1.29, 1.82) is 5.26 Å². The highest BCUT2D eigenvalue weighted by molar-refractivity contribution is 5.85. The van der Waals surface area contributed by atoms with E-state index in [-0.39, 0.29) is 11.7 Å². The SMILES string of the molecule is N#Cc1ccc2ncn(-c3nc(N4CCOCC4)c4[nH]c(=O)n(C5CCOCC5)c4n3)c2c1. The Morgan fingerprint density at radius 1 is 1.09 bits per heavy atom. The number of imidazole rings is 2. The maximum absolute atomic E-state index is 13.1. The molecule has 11 heteroatoms. The average Bonchev–Trinajstić information content (AvgIpc) is 3.44. The van der Waals surface area contributed by atoms with Crippen LogP contribution in [0.4, 0.5) is 5.82 Å². The molecule has 6 rings (SSSR count). The van der Waals surface area contributed by atoms with Gasteiger partial charge in [0.2, 0.25) is 5.95 Å². The van der Waals surface area contributed by atoms with Gasteiger partial charge >= 0.3 is 5.69 Å². The Morgan fingerprint density at radius 3 is 2.67 bits per heavy atom. The summed E-state index contributed by atoms with van der Waals surface area (Å²) in [5.41, 5.74) is 2.99. The van der Waals surface area contributed by atoms with E-state index in [1.807, 2.05) is 0 Å². The molecular formula is C22H22N8O3. The first-order valence-electron chi connectivity index (χ1n) is 11.0. The van der Waals surface area contributed by atoms with Gasteiger partial charge in [-0.2, -0.15) is 15.2 Å². The minimum Gasteiger partial charge on any atom is -0.381 e. The summed E-state index contributed by atoms with van der Waals surface area (Å²) in [4.78, 5) is 32.3. The molecule has 2 fully saturated rings. The number of anilines is 1. The molecule has 2 aliphatic rings. The summed E-state index contributed by atoms with van der Waals surface area (Å²) < 4.78 is 14.5. The van der Waals surface area contributed by atoms with Crippen LogP contribution in [0, 0.1) is 11.3 Å². The van der Waals surface area contributed by atoms with Crippen molar-refractivity contribution in [2.24, 2.45) is 0 Å². The number of aromatic nitrogens is 6. The molecule has 0 unspecified atom stereocenters. The third-order valence-corrected chi connectivity index (χ3v) is 6.30. The van der Waals surface area contributed by atoms with Gasteiger partial charge < -0.3 is 19.4 Å². The lowest BCUT2D eigenvalue weighted by molar-refractivity contribution is 0.0697. The zero-order chi connectivity index (χ0) is 22.4. The van der Waals surface area contributed by atoms with Gasteiger partial charge in [0.05, 0.1) is 35.9 Å². The number of ether oxygens (including phenoxy) is 2. The number of nitrogens with zero attached hydrogens (tertiary/aromatic N) is 7. The van der Waals surface area contributed by atoms with Crippen molar-refractivity contribution in [2.75, 3.05) is 44.4 Å². The highest BCUT2D eigenvalue weighted by atomic mass is 16.5. The van der Waals surface area contributed by atoms with Gasteiger partial charge in [0, 0.05) is 32.3 Å². The Morgan fingerprint density at radius 2 is 1.88 bits per heavy atom. The molecule has 4 aromatic rings. The molecule has 0 aliphatic carbocycles. The standard InChI is InChI=1S/C22H22N8O3/c23-12-14-1-2-16-17(11-14)29(13-24-16)21-26-19(28-5-9-33-10-6-28)18-20(27-21)30(22(31)25-18)15-3-7-32-8-4-15/h1-2,11,13,15H,3-10H2,(H,25,31). The van der Waals surface area contributed by atoms with Gasteiger partial charge in [-0.15, -0.1) is 0 Å². The van der Waals surface area contributed by atoms with Crippen molar-refractivity contribution in [1.82, 2.24) is 29.1 Å². The van der Waals surface area contributed by atoms with Crippen molar-refractivity contribution in [3.05, 3.63) is 40.6 Å². The van der Waals surface area contributed by atoms with Gasteiger partial charge in [-0.1, -0.05) is 0 Å². The second kappa shape index (κ2) is 7.99. The molecule has 33 heavy (non-hydrogen) atoms. The van der Waals surface area contributed by atoms with Crippen molar-refractivity contribution < 1.29 is 9.47 Å². The molecule has 0 amide bonds. The lowest BCUT2D eigenvalue weighted by Crippen LogP contribution is -2.37. The van der Waals surface area contributed by atoms with Crippen LogP contribution in [0.15, 0.2) is 29.3 Å². The van der Waals surface area contributed by atoms with E-state index >= 15 is 0 Å². The van der Waals surface area contributed by atoms with Crippen LogP contribution in [-0.4, -0.2) is 68.6 Å². The third kappa shape index (κ3) is 3.35. The quantitative estimate of drug-likeness (QED) is 0.502. The maximum atomic E-state index is 13.1. The largest absolute Gasteiger partial charge is 0.381 e. The van der Waals surface area contributed by atoms with Crippen LogP contribution < -0.4 is 10.6 Å². The number of rotatable bonds is 3. The number of nitriles is 1. The summed E-state index contributed by atoms with van der Waals surface area (Å²) in [6.45, 7) is 3.73. The number of nitrogens with one attached hydrogen (secondary N) is 1. The minimum absolute atomic E-state index is 0.00464. The Bertz CT molecular complexity index is 1430. The highest BCUT2D eigenvalue weighted by Gasteiger charge is 2.26. The first-order chi connectivity index (χ1) is 16.2. The topological polar surface area (TPSA) is 127 Å². The van der Waals surface area contributed by atoms with Crippen molar-refractivity contribution in [3.8, 4) is 12.0 Å². The number of morpholine rings is 1. The van der Waals surface area contributed by atoms with Crippen LogP contribution in [0.1, 0.15) is 24.4 Å². The van der Waals surface area contributed by atoms with Crippen molar-refractivity contribution in [2.45, 2.75) is 18.9 Å². The summed E-state index contributed by atoms with van der Waals surface area (Å²) in [6.07, 6.45) is 3.15. The van der Waals surface area contributed by atoms with E-state index in [2.05, 4.69) is 20.9 Å². The molecule has 168 valence electrons. The summed E-state index contributed by atoms with van der Waals surface area (Å²) >= 11 is 0. The summed E-state index contributed by atoms with van der Waals surface area (Å²) in [6, 6.07) is 7.48. The molecule has 0 bridgehead atoms. The number of hydrogen-bond acceptors (Lipinski definition) is 8. The third-order valence-electron chi connectivity index (χ3n) is 6.30. The predicted molar refractivity (Wildman–Crippen MR) is 120 cm³/mol. The molecule has 2 saturated heterocycles. The molecular weight excluding hydrogens is 424 g/mol. The second-order valence-electron chi connectivity index (χ2n) is 8.22. The van der Waals surface area contributed by atoms with E-state index in [1.165, 1.54) is 0 Å². The van der Waals surface area contributed by atoms with Gasteiger partial charge in [0.1, 0.15) is 11.8 Å². The fraction of sp³-hybridized carbons (Fsp3) is 0.409. The Labute approximate surface area is 188 Å². The van der Waals surface area contributed by atoms with Gasteiger partial charge in [-0.25, -0.2) is 9.78 Å². The zero-order valence-electron chi connectivity index (χ0n) is 17.9. The van der Waals surface area contributed by atoms with Crippen LogP contribution >= 0.6 is 0 Å². The molecule has 0 spiro atoms. The molecule has 0 atom stereocenters. The van der Waals surface area contributed by atoms with Crippen LogP contribution in [-0.2, 0) is 9.47 Å². The molecule has 5 heterocycles. The molecule has 11 nitrogen and oxygen atoms in total. The van der Waals surface area contributed by atoms with Crippen LogP contribution in [0.2, 0.25) is 0 Å². The highest BCUT2D eigenvalue weighted by Crippen LogP contribution is 2.29. The van der Waals surface area contributed by atoms with E-state index in [0.29, 0.717) is 68.0 Å². The van der Waals surface area contributed by atoms with Crippen LogP contribution in [0.25, 0.3) is 28.1 Å². The summed E-state index contributed by atoms with van der Waals surface area (Å²) in [7, 11) is 0. The van der Waals surface area contributed by atoms with E-state index in [0.717, 1.165) is 23.9 Å². The normalized spacial score (nSPS) is 17.6. The minimum atomic E-state index is -0.194. The fourth-order valence-corrected chi connectivity index (χ4v) is 4.61. The van der Waals surface area contributed by atoms with Crippen LogP contribution in [0.3, 0.4) is 0 Å². The van der Waals surface area contributed by atoms with Crippen LogP contribution in [0.5, 0.6) is 0 Å². The maximum Gasteiger partial charge on any atom is 0.328 e. The van der Waals surface area contributed by atoms with Crippen molar-refractivity contribution in [3.63, 3.8) is 0 Å². The monoisotopic (exact) mass is 446 g/mol. The molecule has 0 saturated carbocycles. The number of benzene rings is 1. The molecule has 3 aromatic heterocycles.